The number of nitrogens with zero attached hydrogens (tertiary/aromatic N) is 2. The van der Waals surface area contributed by atoms with Gasteiger partial charge in [-0.15, -0.1) is 0 Å². The average molecular weight is 436 g/mol. The highest BCUT2D eigenvalue weighted by Crippen LogP contribution is 2.36. The number of halogens is 1. The summed E-state index contributed by atoms with van der Waals surface area (Å²) in [5, 5.41) is 3.48. The molecule has 4 unspecified atom stereocenters. The van der Waals surface area contributed by atoms with Crippen LogP contribution in [0.5, 0.6) is 5.75 Å². The van der Waals surface area contributed by atoms with Crippen molar-refractivity contribution in [2.24, 2.45) is 22.7 Å². The summed E-state index contributed by atoms with van der Waals surface area (Å²) < 4.78 is 21.1. The molecule has 0 spiro atoms. The first-order valence-electron chi connectivity index (χ1n) is 12.2. The Morgan fingerprint density at radius 3 is 2.97 bits per heavy atom. The monoisotopic (exact) mass is 435 g/mol. The Balaban J connectivity index is 1.48. The second-order valence-corrected chi connectivity index (χ2v) is 9.67. The molecule has 1 aromatic carbocycles. The quantitative estimate of drug-likeness (QED) is 0.695. The van der Waals surface area contributed by atoms with Crippen LogP contribution < -0.4 is 10.1 Å². The molecule has 1 fully saturated rings. The number of aliphatic imine (C=N–C) groups is 1. The lowest BCUT2D eigenvalue weighted by Crippen LogP contribution is -2.42. The van der Waals surface area contributed by atoms with Gasteiger partial charge in [0, 0.05) is 41.9 Å². The Bertz CT molecular complexity index is 979. The van der Waals surface area contributed by atoms with Gasteiger partial charge in [-0.1, -0.05) is 44.9 Å². The number of fused-ring (bicyclic) bond motifs is 5. The van der Waals surface area contributed by atoms with E-state index in [4.69, 9.17) is 9.73 Å². The molecule has 4 atom stereocenters. The Morgan fingerprint density at radius 1 is 1.22 bits per heavy atom. The van der Waals surface area contributed by atoms with E-state index in [0.717, 1.165) is 54.8 Å². The zero-order valence-electron chi connectivity index (χ0n) is 19.2. The van der Waals surface area contributed by atoms with E-state index >= 15 is 0 Å². The number of rotatable bonds is 2. The Labute approximate surface area is 190 Å². The van der Waals surface area contributed by atoms with E-state index in [9.17, 15) is 4.39 Å². The molecule has 1 N–H and O–H groups in total. The number of hydrogen-bond donors (Lipinski definition) is 1. The van der Waals surface area contributed by atoms with Crippen molar-refractivity contribution in [3.8, 4) is 5.75 Å². The zero-order valence-corrected chi connectivity index (χ0v) is 19.2. The van der Waals surface area contributed by atoms with Crippen LogP contribution >= 0.6 is 0 Å². The molecule has 0 amide bonds. The highest BCUT2D eigenvalue weighted by Gasteiger charge is 2.30. The number of nitrogens with one attached hydrogen (secondary N) is 1. The summed E-state index contributed by atoms with van der Waals surface area (Å²) in [7, 11) is 0. The first-order valence-corrected chi connectivity index (χ1v) is 12.2. The van der Waals surface area contributed by atoms with Crippen molar-refractivity contribution in [3.63, 3.8) is 0 Å². The molecule has 1 saturated heterocycles. The standard InChI is InChI=1S/C27H34FN3O/c1-3-4-19-5-8-21-17-32-22-9-11-25(28)24(15-22)23-10-6-20-7-12-26(30-27(20)23)29-13-14-31(21)16-18(19)2/h6-7,9-12,15,18-21H,3-5,8,13-14,16-17H2,1-2H3,(H,29,30). The van der Waals surface area contributed by atoms with Crippen LogP contribution in [0.1, 0.15) is 45.1 Å². The number of ether oxygens (including phenoxy) is 1. The third-order valence-corrected chi connectivity index (χ3v) is 7.53. The molecule has 0 radical (unpaired) electrons. The molecule has 170 valence electrons. The van der Waals surface area contributed by atoms with Gasteiger partial charge in [-0.05, 0) is 49.0 Å². The molecule has 5 heteroatoms. The van der Waals surface area contributed by atoms with E-state index in [1.807, 2.05) is 12.1 Å². The fourth-order valence-electron chi connectivity index (χ4n) is 5.67. The summed E-state index contributed by atoms with van der Waals surface area (Å²) in [6, 6.07) is 5.51. The van der Waals surface area contributed by atoms with Crippen LogP contribution in [-0.4, -0.2) is 43.0 Å². The lowest BCUT2D eigenvalue weighted by Gasteiger charge is -2.31. The molecule has 5 rings (SSSR count). The SMILES string of the molecule is CCCC1CCC2COc3ccc(F)c(c3)C3=C4NC(=NCCN2CC1C)C=CC4C=C3. The number of allylic oxidation sites excluding steroid dienone is 3. The van der Waals surface area contributed by atoms with Crippen molar-refractivity contribution in [1.29, 1.82) is 0 Å². The predicted octanol–water partition coefficient (Wildman–Crippen LogP) is 5.19. The maximum atomic E-state index is 14.8. The fourth-order valence-corrected chi connectivity index (χ4v) is 5.67. The summed E-state index contributed by atoms with van der Waals surface area (Å²) >= 11 is 0. The van der Waals surface area contributed by atoms with E-state index in [1.165, 1.54) is 25.3 Å². The highest BCUT2D eigenvalue weighted by atomic mass is 19.1. The van der Waals surface area contributed by atoms with Gasteiger partial charge >= 0.3 is 0 Å². The van der Waals surface area contributed by atoms with E-state index in [-0.39, 0.29) is 11.7 Å². The smallest absolute Gasteiger partial charge is 0.131 e. The van der Waals surface area contributed by atoms with Gasteiger partial charge in [0.1, 0.15) is 24.0 Å². The molecule has 1 aromatic rings. The van der Waals surface area contributed by atoms with Gasteiger partial charge in [0.2, 0.25) is 0 Å². The largest absolute Gasteiger partial charge is 0.492 e. The van der Waals surface area contributed by atoms with Crippen LogP contribution in [0.2, 0.25) is 0 Å². The van der Waals surface area contributed by atoms with Crippen LogP contribution in [0, 0.1) is 23.6 Å². The molecule has 32 heavy (non-hydrogen) atoms. The van der Waals surface area contributed by atoms with Gasteiger partial charge in [0.25, 0.3) is 0 Å². The average Bonchev–Trinajstić information content (AvgIpc) is 3.14. The molecule has 4 aliphatic rings. The molecular weight excluding hydrogens is 401 g/mol. The molecule has 3 heterocycles. The second kappa shape index (κ2) is 9.22. The van der Waals surface area contributed by atoms with Gasteiger partial charge in [-0.25, -0.2) is 4.39 Å². The van der Waals surface area contributed by atoms with Crippen molar-refractivity contribution < 1.29 is 9.13 Å². The molecule has 0 saturated carbocycles. The first-order chi connectivity index (χ1) is 15.6. The fraction of sp³-hybridized carbons (Fsp3) is 0.519. The summed E-state index contributed by atoms with van der Waals surface area (Å²) in [6.45, 7) is 8.08. The summed E-state index contributed by atoms with van der Waals surface area (Å²) in [5.74, 6) is 2.98. The third kappa shape index (κ3) is 4.27. The van der Waals surface area contributed by atoms with Gasteiger partial charge in [-0.2, -0.15) is 0 Å². The van der Waals surface area contributed by atoms with E-state index in [0.29, 0.717) is 24.1 Å². The second-order valence-electron chi connectivity index (χ2n) is 9.67. The Hall–Kier alpha value is -2.40. The first kappa shape index (κ1) is 21.4. The Kier molecular flexibility index (Phi) is 6.18. The van der Waals surface area contributed by atoms with Crippen LogP contribution in [0.25, 0.3) is 5.57 Å². The van der Waals surface area contributed by atoms with E-state index < -0.39 is 0 Å². The zero-order chi connectivity index (χ0) is 22.1. The maximum Gasteiger partial charge on any atom is 0.131 e. The molecule has 1 aliphatic carbocycles. The van der Waals surface area contributed by atoms with Crippen LogP contribution in [-0.2, 0) is 0 Å². The topological polar surface area (TPSA) is 36.9 Å². The summed E-state index contributed by atoms with van der Waals surface area (Å²) in [5.41, 5.74) is 2.48. The van der Waals surface area contributed by atoms with Crippen molar-refractivity contribution in [2.75, 3.05) is 26.2 Å². The van der Waals surface area contributed by atoms with E-state index in [1.54, 1.807) is 6.07 Å². The number of benzene rings is 1. The van der Waals surface area contributed by atoms with Gasteiger partial charge in [0.05, 0.1) is 6.54 Å². The molecular formula is C27H34FN3O. The predicted molar refractivity (Wildman–Crippen MR) is 128 cm³/mol. The van der Waals surface area contributed by atoms with Crippen LogP contribution in [0.3, 0.4) is 0 Å². The minimum absolute atomic E-state index is 0.146. The lowest BCUT2D eigenvalue weighted by atomic mass is 9.87. The lowest BCUT2D eigenvalue weighted by molar-refractivity contribution is 0.128. The van der Waals surface area contributed by atoms with Crippen molar-refractivity contribution >= 4 is 11.4 Å². The van der Waals surface area contributed by atoms with Crippen LogP contribution in [0.4, 0.5) is 4.39 Å². The van der Waals surface area contributed by atoms with Gasteiger partial charge in [-0.3, -0.25) is 9.89 Å². The van der Waals surface area contributed by atoms with Crippen molar-refractivity contribution in [2.45, 2.75) is 45.6 Å². The summed E-state index contributed by atoms with van der Waals surface area (Å²) in [6.07, 6.45) is 13.2. The minimum Gasteiger partial charge on any atom is -0.492 e. The molecule has 3 aliphatic heterocycles. The minimum atomic E-state index is -0.223. The molecule has 4 nitrogen and oxygen atoms in total. The van der Waals surface area contributed by atoms with E-state index in [2.05, 4.69) is 42.3 Å². The summed E-state index contributed by atoms with van der Waals surface area (Å²) in [4.78, 5) is 7.45. The van der Waals surface area contributed by atoms with Gasteiger partial charge < -0.3 is 10.1 Å². The normalized spacial score (nSPS) is 30.0. The maximum absolute atomic E-state index is 14.8. The van der Waals surface area contributed by atoms with Crippen molar-refractivity contribution in [1.82, 2.24) is 10.2 Å². The van der Waals surface area contributed by atoms with Crippen LogP contribution in [0.15, 0.2) is 53.2 Å². The van der Waals surface area contributed by atoms with Gasteiger partial charge in [0.15, 0.2) is 0 Å². The third-order valence-electron chi connectivity index (χ3n) is 7.53. The highest BCUT2D eigenvalue weighted by molar-refractivity contribution is 5.98. The number of hydrogen-bond acceptors (Lipinski definition) is 4. The van der Waals surface area contributed by atoms with Crippen molar-refractivity contribution in [3.05, 3.63) is 59.6 Å². The molecule has 4 bridgehead atoms. The number of amidine groups is 1. The Morgan fingerprint density at radius 2 is 2.09 bits per heavy atom. The molecule has 0 aromatic heterocycles.